The van der Waals surface area contributed by atoms with Gasteiger partial charge in [-0.15, -0.1) is 12.4 Å². The Morgan fingerprint density at radius 2 is 1.96 bits per heavy atom. The maximum Gasteiger partial charge on any atom is 0.326 e. The normalized spacial score (nSPS) is 13.7. The first-order chi connectivity index (χ1) is 11.5. The second-order valence-electron chi connectivity index (χ2n) is 5.50. The number of urea groups is 1. The summed E-state index contributed by atoms with van der Waals surface area (Å²) in [5.74, 6) is 0.294. The van der Waals surface area contributed by atoms with E-state index in [1.807, 2.05) is 0 Å². The zero-order valence-corrected chi connectivity index (χ0v) is 14.9. The number of benzene rings is 1. The average Bonchev–Trinajstić information content (AvgIpc) is 2.80. The third-order valence-corrected chi connectivity index (χ3v) is 3.54. The monoisotopic (exact) mass is 370 g/mol. The summed E-state index contributed by atoms with van der Waals surface area (Å²) in [6.45, 7) is 1.23. The molecule has 1 heterocycles. The van der Waals surface area contributed by atoms with Crippen molar-refractivity contribution in [2.75, 3.05) is 38.6 Å². The van der Waals surface area contributed by atoms with Crippen molar-refractivity contribution in [2.24, 2.45) is 5.73 Å². The molecular weight excluding hydrogens is 348 g/mol. The summed E-state index contributed by atoms with van der Waals surface area (Å²) in [6.07, 6.45) is 0.654. The average molecular weight is 371 g/mol. The standard InChI is InChI=1S/C16H22N4O4.ClH/c1-19-11-15(22)20(16(19)23)9-2-3-14(21)18-12-4-6-13(7-5-12)24-10-8-17;/h4-7H,2-3,8-11,17H2,1H3,(H,18,21);1H. The molecule has 25 heavy (non-hydrogen) atoms. The Bertz CT molecular complexity index is 609. The number of nitrogens with zero attached hydrogens (tertiary/aromatic N) is 2. The van der Waals surface area contributed by atoms with E-state index in [4.69, 9.17) is 10.5 Å². The lowest BCUT2D eigenvalue weighted by Crippen LogP contribution is -2.32. The van der Waals surface area contributed by atoms with Crippen LogP contribution in [0.15, 0.2) is 24.3 Å². The molecule has 0 unspecified atom stereocenters. The first-order valence-corrected chi connectivity index (χ1v) is 7.79. The molecule has 0 spiro atoms. The highest BCUT2D eigenvalue weighted by Gasteiger charge is 2.32. The number of carbonyl (C=O) groups excluding carboxylic acids is 3. The molecule has 1 saturated heterocycles. The molecule has 1 aliphatic heterocycles. The van der Waals surface area contributed by atoms with Crippen LogP contribution in [0, 0.1) is 0 Å². The summed E-state index contributed by atoms with van der Waals surface area (Å²) < 4.78 is 5.35. The summed E-state index contributed by atoms with van der Waals surface area (Å²) in [4.78, 5) is 37.8. The van der Waals surface area contributed by atoms with Crippen LogP contribution in [-0.2, 0) is 9.59 Å². The fraction of sp³-hybridized carbons (Fsp3) is 0.438. The molecule has 0 saturated carbocycles. The van der Waals surface area contributed by atoms with Crippen LogP contribution in [0.3, 0.4) is 0 Å². The number of hydrogen-bond acceptors (Lipinski definition) is 5. The Hall–Kier alpha value is -2.32. The lowest BCUT2D eigenvalue weighted by atomic mass is 10.2. The highest BCUT2D eigenvalue weighted by molar-refractivity contribution is 6.01. The van der Waals surface area contributed by atoms with Crippen LogP contribution in [0.4, 0.5) is 10.5 Å². The molecule has 0 radical (unpaired) electrons. The summed E-state index contributed by atoms with van der Waals surface area (Å²) in [7, 11) is 1.58. The molecule has 0 atom stereocenters. The zero-order valence-electron chi connectivity index (χ0n) is 14.1. The van der Waals surface area contributed by atoms with Crippen LogP contribution < -0.4 is 15.8 Å². The van der Waals surface area contributed by atoms with Crippen molar-refractivity contribution in [3.05, 3.63) is 24.3 Å². The van der Waals surface area contributed by atoms with Crippen LogP contribution in [0.1, 0.15) is 12.8 Å². The van der Waals surface area contributed by atoms with Crippen molar-refractivity contribution in [1.29, 1.82) is 0 Å². The summed E-state index contributed by atoms with van der Waals surface area (Å²) in [5.41, 5.74) is 6.02. The van der Waals surface area contributed by atoms with Crippen LogP contribution in [0.5, 0.6) is 5.75 Å². The number of halogens is 1. The third kappa shape index (κ3) is 5.91. The fourth-order valence-corrected chi connectivity index (χ4v) is 2.32. The molecule has 3 N–H and O–H groups in total. The van der Waals surface area contributed by atoms with Gasteiger partial charge in [0.05, 0.1) is 0 Å². The Labute approximate surface area is 152 Å². The predicted molar refractivity (Wildman–Crippen MR) is 95.8 cm³/mol. The second-order valence-corrected chi connectivity index (χ2v) is 5.50. The number of rotatable bonds is 8. The van der Waals surface area contributed by atoms with E-state index in [2.05, 4.69) is 5.32 Å². The molecule has 1 fully saturated rings. The largest absolute Gasteiger partial charge is 0.492 e. The van der Waals surface area contributed by atoms with E-state index in [1.54, 1.807) is 31.3 Å². The molecule has 0 aliphatic carbocycles. The molecule has 1 aromatic carbocycles. The summed E-state index contributed by atoms with van der Waals surface area (Å²) >= 11 is 0. The second kappa shape index (κ2) is 9.85. The highest BCUT2D eigenvalue weighted by Crippen LogP contribution is 2.16. The predicted octanol–water partition coefficient (Wildman–Crippen LogP) is 1.06. The minimum absolute atomic E-state index is 0. The van der Waals surface area contributed by atoms with Gasteiger partial charge in [0.1, 0.15) is 18.9 Å². The van der Waals surface area contributed by atoms with Gasteiger partial charge in [-0.1, -0.05) is 0 Å². The number of nitrogens with one attached hydrogen (secondary N) is 1. The van der Waals surface area contributed by atoms with Gasteiger partial charge < -0.3 is 20.7 Å². The van der Waals surface area contributed by atoms with E-state index < -0.39 is 0 Å². The van der Waals surface area contributed by atoms with E-state index in [-0.39, 0.29) is 49.8 Å². The quantitative estimate of drug-likeness (QED) is 0.666. The number of amides is 4. The maximum atomic E-state index is 11.9. The smallest absolute Gasteiger partial charge is 0.326 e. The summed E-state index contributed by atoms with van der Waals surface area (Å²) in [5, 5.41) is 2.76. The van der Waals surface area contributed by atoms with Gasteiger partial charge in [-0.05, 0) is 30.7 Å². The first kappa shape index (κ1) is 20.7. The zero-order chi connectivity index (χ0) is 17.5. The Morgan fingerprint density at radius 3 is 2.52 bits per heavy atom. The molecule has 4 amide bonds. The lowest BCUT2D eigenvalue weighted by molar-refractivity contribution is -0.125. The lowest BCUT2D eigenvalue weighted by Gasteiger charge is -2.13. The van der Waals surface area contributed by atoms with Gasteiger partial charge in [-0.3, -0.25) is 14.5 Å². The van der Waals surface area contributed by atoms with E-state index in [1.165, 1.54) is 9.80 Å². The molecule has 1 aromatic rings. The fourth-order valence-electron chi connectivity index (χ4n) is 2.32. The number of likely N-dealkylation sites (N-methyl/N-ethyl adjacent to an activating group) is 1. The van der Waals surface area contributed by atoms with E-state index in [0.717, 1.165) is 0 Å². The highest BCUT2D eigenvalue weighted by atomic mass is 35.5. The van der Waals surface area contributed by atoms with Gasteiger partial charge in [0.25, 0.3) is 0 Å². The number of carbonyl (C=O) groups is 3. The number of nitrogens with two attached hydrogens (primary N) is 1. The van der Waals surface area contributed by atoms with Gasteiger partial charge in [-0.2, -0.15) is 0 Å². The SMILES string of the molecule is CN1CC(=O)N(CCCC(=O)Nc2ccc(OCCN)cc2)C1=O.Cl. The van der Waals surface area contributed by atoms with Gasteiger partial charge in [0.15, 0.2) is 0 Å². The van der Waals surface area contributed by atoms with E-state index in [9.17, 15) is 14.4 Å². The number of imide groups is 1. The molecule has 0 bridgehead atoms. The van der Waals surface area contributed by atoms with Crippen molar-refractivity contribution in [3.63, 3.8) is 0 Å². The van der Waals surface area contributed by atoms with Crippen molar-refractivity contribution in [2.45, 2.75) is 12.8 Å². The number of hydrogen-bond donors (Lipinski definition) is 2. The van der Waals surface area contributed by atoms with Gasteiger partial charge >= 0.3 is 6.03 Å². The van der Waals surface area contributed by atoms with Gasteiger partial charge in [0, 0.05) is 32.2 Å². The van der Waals surface area contributed by atoms with E-state index >= 15 is 0 Å². The molecule has 138 valence electrons. The van der Waals surface area contributed by atoms with Gasteiger partial charge in [-0.25, -0.2) is 4.79 Å². The van der Waals surface area contributed by atoms with Crippen LogP contribution >= 0.6 is 12.4 Å². The topological polar surface area (TPSA) is 105 Å². The van der Waals surface area contributed by atoms with Crippen molar-refractivity contribution < 1.29 is 19.1 Å². The summed E-state index contributed by atoms with van der Waals surface area (Å²) in [6, 6.07) is 6.68. The Kier molecular flexibility index (Phi) is 8.17. The molecular formula is C16H23ClN4O4. The van der Waals surface area contributed by atoms with Crippen LogP contribution in [0.25, 0.3) is 0 Å². The third-order valence-electron chi connectivity index (χ3n) is 3.54. The van der Waals surface area contributed by atoms with Crippen molar-refractivity contribution in [3.8, 4) is 5.75 Å². The Balaban J connectivity index is 0.00000312. The first-order valence-electron chi connectivity index (χ1n) is 7.79. The molecule has 9 heteroatoms. The van der Waals surface area contributed by atoms with Crippen molar-refractivity contribution >= 4 is 35.9 Å². The number of anilines is 1. The molecule has 2 rings (SSSR count). The van der Waals surface area contributed by atoms with Crippen LogP contribution in [-0.4, -0.2) is 60.9 Å². The van der Waals surface area contributed by atoms with Gasteiger partial charge in [0.2, 0.25) is 11.8 Å². The molecule has 8 nitrogen and oxygen atoms in total. The van der Waals surface area contributed by atoms with Crippen LogP contribution in [0.2, 0.25) is 0 Å². The minimum Gasteiger partial charge on any atom is -0.492 e. The Morgan fingerprint density at radius 1 is 1.28 bits per heavy atom. The molecule has 1 aliphatic rings. The minimum atomic E-state index is -0.312. The number of ether oxygens (including phenoxy) is 1. The van der Waals surface area contributed by atoms with E-state index in [0.29, 0.717) is 31.0 Å². The molecule has 0 aromatic heterocycles. The van der Waals surface area contributed by atoms with Crippen molar-refractivity contribution in [1.82, 2.24) is 9.80 Å². The maximum absolute atomic E-state index is 11.9.